The fourth-order valence-corrected chi connectivity index (χ4v) is 6.17. The Morgan fingerprint density at radius 3 is 1.09 bits per heavy atom. The van der Waals surface area contributed by atoms with Gasteiger partial charge in [-0.3, -0.25) is 0 Å². The van der Waals surface area contributed by atoms with Crippen molar-refractivity contribution in [2.24, 2.45) is 0 Å². The first-order valence-corrected chi connectivity index (χ1v) is 11.9. The van der Waals surface area contributed by atoms with Gasteiger partial charge in [-0.25, -0.2) is 0 Å². The molecule has 0 saturated heterocycles. The molecular weight excluding hydrogens is 506 g/mol. The zero-order valence-electron chi connectivity index (χ0n) is 12.5. The normalized spacial score (nSPS) is 10.6. The van der Waals surface area contributed by atoms with Gasteiger partial charge >= 0.3 is 28.2 Å². The molecule has 0 bridgehead atoms. The Labute approximate surface area is 153 Å². The maximum absolute atomic E-state index is 10.4. The quantitative estimate of drug-likeness (QED) is 0.518. The van der Waals surface area contributed by atoms with Crippen molar-refractivity contribution in [2.45, 2.75) is 0 Å². The second-order valence-electron chi connectivity index (χ2n) is 4.96. The predicted molar refractivity (Wildman–Crippen MR) is 98.1 cm³/mol. The van der Waals surface area contributed by atoms with E-state index < -0.39 is 7.26 Å². The van der Waals surface area contributed by atoms with Crippen molar-refractivity contribution in [3.8, 4) is 0 Å². The van der Waals surface area contributed by atoms with Gasteiger partial charge in [-0.1, -0.05) is 54.6 Å². The van der Waals surface area contributed by atoms with Crippen molar-refractivity contribution in [3.05, 3.63) is 91.0 Å². The number of hydrogen-bond acceptors (Lipinski definition) is 1. The third-order valence-corrected chi connectivity index (χ3v) is 7.77. The number of benzene rings is 3. The molecule has 0 unspecified atom stereocenters. The summed E-state index contributed by atoms with van der Waals surface area (Å²) in [6.45, 7) is 0. The van der Waals surface area contributed by atoms with Crippen LogP contribution in [0.1, 0.15) is 0 Å². The van der Waals surface area contributed by atoms with E-state index in [4.69, 9.17) is 0 Å². The number of aliphatic hydroxyl groups is 1. The van der Waals surface area contributed by atoms with Gasteiger partial charge in [0.15, 0.2) is 6.35 Å². The molecular formula is C19H18ClOPPt+. The molecule has 0 aliphatic carbocycles. The average Bonchev–Trinajstić information content (AvgIpc) is 2.67. The first-order chi connectivity index (χ1) is 11.4. The first-order valence-electron chi connectivity index (χ1n) is 7.15. The van der Waals surface area contributed by atoms with Crippen molar-refractivity contribution in [2.75, 3.05) is 6.35 Å². The van der Waals surface area contributed by atoms with E-state index in [0.29, 0.717) is 0 Å². The van der Waals surface area contributed by atoms with Crippen LogP contribution in [0.4, 0.5) is 0 Å². The van der Waals surface area contributed by atoms with Crippen LogP contribution in [0.2, 0.25) is 0 Å². The van der Waals surface area contributed by atoms with E-state index in [0.717, 1.165) is 0 Å². The van der Waals surface area contributed by atoms with Crippen LogP contribution in [0.25, 0.3) is 0 Å². The van der Waals surface area contributed by atoms with Gasteiger partial charge in [0.1, 0.15) is 23.2 Å². The number of rotatable bonds is 4. The fourth-order valence-electron chi connectivity index (χ4n) is 2.74. The van der Waals surface area contributed by atoms with Gasteiger partial charge in [0.25, 0.3) is 0 Å². The van der Waals surface area contributed by atoms with Gasteiger partial charge in [0.05, 0.1) is 0 Å². The van der Waals surface area contributed by atoms with E-state index >= 15 is 0 Å². The third-order valence-electron chi connectivity index (χ3n) is 3.80. The molecule has 0 aliphatic rings. The Kier molecular flexibility index (Phi) is 7.47. The molecule has 0 spiro atoms. The van der Waals surface area contributed by atoms with E-state index in [2.05, 4.69) is 45.8 Å². The fraction of sp³-hybridized carbons (Fsp3) is 0.0526. The SMILES string of the molecule is OC[P+](c1ccccc1)(c1ccccc1)c1ccccc1.[Cl][Pt]. The molecule has 0 amide bonds. The summed E-state index contributed by atoms with van der Waals surface area (Å²) in [6, 6.07) is 31.1. The van der Waals surface area contributed by atoms with Crippen molar-refractivity contribution in [3.63, 3.8) is 0 Å². The van der Waals surface area contributed by atoms with Crippen molar-refractivity contribution < 1.29 is 23.9 Å². The van der Waals surface area contributed by atoms with E-state index in [1.165, 1.54) is 15.9 Å². The standard InChI is InChI=1S/C19H18OP.ClH.Pt/c20-16-21(17-10-4-1-5-11-17,18-12-6-2-7-13-18)19-14-8-3-9-15-19;;/h1-15,20H,16H2;1H;/q+1;;+1/p-1. The van der Waals surface area contributed by atoms with E-state index in [1.807, 2.05) is 54.6 Å². The summed E-state index contributed by atoms with van der Waals surface area (Å²) in [5.74, 6) is 0. The van der Waals surface area contributed by atoms with Crippen LogP contribution in [0.15, 0.2) is 91.0 Å². The summed E-state index contributed by atoms with van der Waals surface area (Å²) in [5.41, 5.74) is 0. The molecule has 3 aromatic rings. The van der Waals surface area contributed by atoms with Gasteiger partial charge in [0.2, 0.25) is 0 Å². The summed E-state index contributed by atoms with van der Waals surface area (Å²) in [7, 11) is 2.63. The van der Waals surface area contributed by atoms with Gasteiger partial charge in [-0.15, -0.1) is 0 Å². The molecule has 1 nitrogen and oxygen atoms in total. The molecule has 0 aromatic heterocycles. The van der Waals surface area contributed by atoms with Crippen LogP contribution in [-0.4, -0.2) is 11.5 Å². The Bertz CT molecular complexity index is 596. The topological polar surface area (TPSA) is 20.2 Å². The second-order valence-corrected chi connectivity index (χ2v) is 8.41. The molecule has 3 aromatic carbocycles. The van der Waals surface area contributed by atoms with Crippen LogP contribution < -0.4 is 15.9 Å². The molecule has 23 heavy (non-hydrogen) atoms. The molecule has 121 valence electrons. The minimum absolute atomic E-state index is 0.144. The average molecular weight is 524 g/mol. The predicted octanol–water partition coefficient (Wildman–Crippen LogP) is 3.62. The number of halogens is 1. The number of aliphatic hydroxyl groups excluding tert-OH is 1. The second kappa shape index (κ2) is 9.35. The van der Waals surface area contributed by atoms with Gasteiger partial charge in [-0.2, -0.15) is 0 Å². The van der Waals surface area contributed by atoms with Crippen LogP contribution >= 0.6 is 16.7 Å². The minimum atomic E-state index is -1.98. The van der Waals surface area contributed by atoms with Crippen LogP contribution in [-0.2, 0) is 18.8 Å². The Morgan fingerprint density at radius 2 is 0.870 bits per heavy atom. The Hall–Kier alpha value is -0.972. The summed E-state index contributed by atoms with van der Waals surface area (Å²) < 4.78 is 0. The van der Waals surface area contributed by atoms with Gasteiger partial charge < -0.3 is 5.11 Å². The molecule has 0 radical (unpaired) electrons. The van der Waals surface area contributed by atoms with Gasteiger partial charge in [0, 0.05) is 0 Å². The molecule has 0 heterocycles. The van der Waals surface area contributed by atoms with Gasteiger partial charge in [-0.05, 0) is 36.4 Å². The molecule has 0 aliphatic heterocycles. The molecule has 0 fully saturated rings. The maximum atomic E-state index is 10.4. The summed E-state index contributed by atoms with van der Waals surface area (Å²) in [6.07, 6.45) is 0.144. The van der Waals surface area contributed by atoms with Crippen molar-refractivity contribution >= 4 is 32.6 Å². The first kappa shape index (κ1) is 18.4. The summed E-state index contributed by atoms with van der Waals surface area (Å²) >= 11 is 1.61. The van der Waals surface area contributed by atoms with E-state index in [1.54, 1.807) is 18.8 Å². The molecule has 0 atom stereocenters. The monoisotopic (exact) mass is 523 g/mol. The van der Waals surface area contributed by atoms with Crippen molar-refractivity contribution in [1.29, 1.82) is 0 Å². The number of hydrogen-bond donors (Lipinski definition) is 1. The van der Waals surface area contributed by atoms with E-state index in [-0.39, 0.29) is 6.35 Å². The summed E-state index contributed by atoms with van der Waals surface area (Å²) in [4.78, 5) is 0. The van der Waals surface area contributed by atoms with Crippen molar-refractivity contribution in [1.82, 2.24) is 0 Å². The Balaban J connectivity index is 0.000000924. The zero-order chi connectivity index (χ0) is 16.5. The molecule has 1 N–H and O–H groups in total. The van der Waals surface area contributed by atoms with Crippen LogP contribution in [0.5, 0.6) is 0 Å². The van der Waals surface area contributed by atoms with E-state index in [9.17, 15) is 5.11 Å². The molecule has 0 saturated carbocycles. The van der Waals surface area contributed by atoms with Crippen LogP contribution in [0, 0.1) is 0 Å². The van der Waals surface area contributed by atoms with Crippen LogP contribution in [0.3, 0.4) is 0 Å². The zero-order valence-corrected chi connectivity index (χ0v) is 16.4. The molecule has 4 heteroatoms. The summed E-state index contributed by atoms with van der Waals surface area (Å²) in [5, 5.41) is 14.0. The third kappa shape index (κ3) is 3.93. The molecule has 3 rings (SSSR count). The Morgan fingerprint density at radius 1 is 0.609 bits per heavy atom.